The molecular formula is C26H32N4O3. The van der Waals surface area contributed by atoms with Crippen LogP contribution in [0.3, 0.4) is 0 Å². The minimum atomic E-state index is -0.240. The second-order valence-corrected chi connectivity index (χ2v) is 10.7. The Bertz CT molecular complexity index is 1170. The number of aromatic nitrogens is 2. The zero-order valence-corrected chi connectivity index (χ0v) is 19.9. The van der Waals surface area contributed by atoms with Gasteiger partial charge in [-0.15, -0.1) is 0 Å². The van der Waals surface area contributed by atoms with Crippen molar-refractivity contribution in [3.63, 3.8) is 0 Å². The number of nitrogens with zero attached hydrogens (tertiary/aromatic N) is 3. The zero-order valence-electron chi connectivity index (χ0n) is 19.9. The van der Waals surface area contributed by atoms with Crippen LogP contribution in [0.2, 0.25) is 0 Å². The number of likely N-dealkylation sites (tertiary alicyclic amines) is 1. The number of amides is 2. The molecule has 33 heavy (non-hydrogen) atoms. The Morgan fingerprint density at radius 2 is 1.91 bits per heavy atom. The van der Waals surface area contributed by atoms with E-state index in [1.165, 1.54) is 0 Å². The molecule has 1 saturated carbocycles. The molecule has 1 aliphatic heterocycles. The van der Waals surface area contributed by atoms with Gasteiger partial charge in [-0.1, -0.05) is 18.2 Å². The van der Waals surface area contributed by atoms with E-state index >= 15 is 0 Å². The van der Waals surface area contributed by atoms with Gasteiger partial charge in [0.25, 0.3) is 11.8 Å². The summed E-state index contributed by atoms with van der Waals surface area (Å²) in [5.74, 6) is 0.727. The Morgan fingerprint density at radius 1 is 1.18 bits per heavy atom. The quantitative estimate of drug-likeness (QED) is 0.643. The molecule has 1 aliphatic carbocycles. The van der Waals surface area contributed by atoms with Gasteiger partial charge < -0.3 is 14.6 Å². The van der Waals surface area contributed by atoms with E-state index < -0.39 is 0 Å². The highest BCUT2D eigenvalue weighted by Crippen LogP contribution is 2.59. The van der Waals surface area contributed by atoms with Crippen molar-refractivity contribution >= 4 is 22.8 Å². The van der Waals surface area contributed by atoms with Gasteiger partial charge in [0.2, 0.25) is 0 Å². The lowest BCUT2D eigenvalue weighted by Crippen LogP contribution is -2.42. The first-order chi connectivity index (χ1) is 15.7. The Hall–Kier alpha value is -3.09. The zero-order chi connectivity index (χ0) is 23.4. The summed E-state index contributed by atoms with van der Waals surface area (Å²) in [6, 6.07) is 11.3. The van der Waals surface area contributed by atoms with Crippen molar-refractivity contribution in [3.8, 4) is 0 Å². The van der Waals surface area contributed by atoms with Gasteiger partial charge in [-0.3, -0.25) is 14.3 Å². The molecule has 7 nitrogen and oxygen atoms in total. The highest BCUT2D eigenvalue weighted by Gasteiger charge is 2.55. The summed E-state index contributed by atoms with van der Waals surface area (Å²) in [6.45, 7) is 10.3. The first-order valence-electron chi connectivity index (χ1n) is 11.8. The molecule has 1 unspecified atom stereocenters. The van der Waals surface area contributed by atoms with E-state index in [4.69, 9.17) is 4.42 Å². The van der Waals surface area contributed by atoms with Gasteiger partial charge in [0, 0.05) is 25.0 Å². The van der Waals surface area contributed by atoms with Crippen LogP contribution in [0.5, 0.6) is 0 Å². The molecule has 0 bridgehead atoms. The molecule has 1 aromatic carbocycles. The van der Waals surface area contributed by atoms with Crippen LogP contribution in [0.15, 0.2) is 40.8 Å². The van der Waals surface area contributed by atoms with Crippen molar-refractivity contribution in [3.05, 3.63) is 53.5 Å². The molecule has 1 atom stereocenters. The number of hydrogen-bond acceptors (Lipinski definition) is 4. The Kier molecular flexibility index (Phi) is 5.10. The van der Waals surface area contributed by atoms with Gasteiger partial charge in [-0.2, -0.15) is 5.10 Å². The van der Waals surface area contributed by atoms with Crippen LogP contribution in [0.1, 0.15) is 66.8 Å². The monoisotopic (exact) mass is 448 g/mol. The minimum absolute atomic E-state index is 0.0655. The number of piperidine rings is 1. The Balaban J connectivity index is 1.16. The predicted octanol–water partition coefficient (Wildman–Crippen LogP) is 4.37. The second-order valence-electron chi connectivity index (χ2n) is 10.7. The van der Waals surface area contributed by atoms with Gasteiger partial charge in [-0.05, 0) is 76.5 Å². The number of aryl methyl sites for hydroxylation is 1. The van der Waals surface area contributed by atoms with E-state index in [-0.39, 0.29) is 22.8 Å². The number of hydrogen-bond donors (Lipinski definition) is 1. The van der Waals surface area contributed by atoms with E-state index in [1.807, 2.05) is 46.8 Å². The third-order valence-corrected chi connectivity index (χ3v) is 7.25. The van der Waals surface area contributed by atoms with Gasteiger partial charge in [0.1, 0.15) is 11.3 Å². The molecule has 1 N–H and O–H groups in total. The largest absolute Gasteiger partial charge is 0.451 e. The maximum atomic E-state index is 13.2. The molecule has 1 spiro atoms. The van der Waals surface area contributed by atoms with E-state index in [0.717, 1.165) is 49.0 Å². The number of benzene rings is 1. The van der Waals surface area contributed by atoms with Gasteiger partial charge in [-0.25, -0.2) is 0 Å². The standard InChI is InChI=1S/C26H32N4O3/c1-17-13-20(30(28-17)25(2,3)4)24(32)29-11-9-26(10-12-29)15-19(26)16-27-23(31)22-14-18-7-5-6-8-21(18)33-22/h5-8,13-14,19H,9-12,15-16H2,1-4H3,(H,27,31). The van der Waals surface area contributed by atoms with E-state index in [9.17, 15) is 9.59 Å². The molecule has 2 aromatic heterocycles. The van der Waals surface area contributed by atoms with Crippen molar-refractivity contribution in [2.75, 3.05) is 19.6 Å². The minimum Gasteiger partial charge on any atom is -0.451 e. The Morgan fingerprint density at radius 3 is 2.61 bits per heavy atom. The summed E-state index contributed by atoms with van der Waals surface area (Å²) in [5, 5.41) is 8.54. The normalized spacial score (nSPS) is 19.8. The molecule has 3 aromatic rings. The van der Waals surface area contributed by atoms with E-state index in [1.54, 1.807) is 6.07 Å². The van der Waals surface area contributed by atoms with Crippen LogP contribution in [0, 0.1) is 18.3 Å². The molecule has 2 amide bonds. The molecule has 2 fully saturated rings. The number of carbonyl (C=O) groups is 2. The first kappa shape index (κ1) is 21.7. The fraction of sp³-hybridized carbons (Fsp3) is 0.500. The predicted molar refractivity (Wildman–Crippen MR) is 126 cm³/mol. The number of para-hydroxylation sites is 1. The van der Waals surface area contributed by atoms with Crippen molar-refractivity contribution in [2.45, 2.75) is 52.5 Å². The van der Waals surface area contributed by atoms with Crippen LogP contribution >= 0.6 is 0 Å². The van der Waals surface area contributed by atoms with Crippen LogP contribution in [0.25, 0.3) is 11.0 Å². The van der Waals surface area contributed by atoms with Crippen LogP contribution in [0.4, 0.5) is 0 Å². The molecular weight excluding hydrogens is 416 g/mol. The summed E-state index contributed by atoms with van der Waals surface area (Å²) >= 11 is 0. The third-order valence-electron chi connectivity index (χ3n) is 7.25. The SMILES string of the molecule is Cc1cc(C(=O)N2CCC3(CC2)CC3CNC(=O)c2cc3ccccc3o2)n(C(C)(C)C)n1. The fourth-order valence-electron chi connectivity index (χ4n) is 5.21. The van der Waals surface area contributed by atoms with Crippen molar-refractivity contribution in [1.29, 1.82) is 0 Å². The molecule has 1 saturated heterocycles. The van der Waals surface area contributed by atoms with Gasteiger partial charge in [0.15, 0.2) is 5.76 Å². The van der Waals surface area contributed by atoms with Crippen molar-refractivity contribution < 1.29 is 14.0 Å². The number of rotatable bonds is 4. The summed E-state index contributed by atoms with van der Waals surface area (Å²) in [4.78, 5) is 27.8. The average molecular weight is 449 g/mol. The number of fused-ring (bicyclic) bond motifs is 1. The molecule has 7 heteroatoms. The molecule has 0 radical (unpaired) electrons. The number of furan rings is 1. The van der Waals surface area contributed by atoms with Crippen LogP contribution in [-0.2, 0) is 5.54 Å². The van der Waals surface area contributed by atoms with Gasteiger partial charge >= 0.3 is 0 Å². The van der Waals surface area contributed by atoms with Crippen molar-refractivity contribution in [1.82, 2.24) is 20.0 Å². The topological polar surface area (TPSA) is 80.4 Å². The second kappa shape index (κ2) is 7.75. The van der Waals surface area contributed by atoms with E-state index in [0.29, 0.717) is 23.9 Å². The third kappa shape index (κ3) is 4.05. The lowest BCUT2D eigenvalue weighted by molar-refractivity contribution is 0.0648. The highest BCUT2D eigenvalue weighted by atomic mass is 16.3. The average Bonchev–Trinajstić information content (AvgIpc) is 3.12. The molecule has 2 aliphatic rings. The smallest absolute Gasteiger partial charge is 0.287 e. The molecule has 174 valence electrons. The van der Waals surface area contributed by atoms with Crippen molar-refractivity contribution in [2.24, 2.45) is 11.3 Å². The van der Waals surface area contributed by atoms with Gasteiger partial charge in [0.05, 0.1) is 11.2 Å². The lowest BCUT2D eigenvalue weighted by Gasteiger charge is -2.34. The summed E-state index contributed by atoms with van der Waals surface area (Å²) in [5.41, 5.74) is 2.27. The molecule has 3 heterocycles. The van der Waals surface area contributed by atoms with E-state index in [2.05, 4.69) is 31.2 Å². The maximum Gasteiger partial charge on any atom is 0.287 e. The lowest BCUT2D eigenvalue weighted by atomic mass is 9.90. The summed E-state index contributed by atoms with van der Waals surface area (Å²) in [6.07, 6.45) is 3.06. The number of carbonyl (C=O) groups excluding carboxylic acids is 2. The molecule has 5 rings (SSSR count). The van der Waals surface area contributed by atoms with Crippen LogP contribution in [-0.4, -0.2) is 46.1 Å². The maximum absolute atomic E-state index is 13.2. The first-order valence-corrected chi connectivity index (χ1v) is 11.8. The fourth-order valence-corrected chi connectivity index (χ4v) is 5.21. The summed E-state index contributed by atoms with van der Waals surface area (Å²) < 4.78 is 7.52. The highest BCUT2D eigenvalue weighted by molar-refractivity contribution is 5.96. The Labute approximate surface area is 194 Å². The van der Waals surface area contributed by atoms with Crippen LogP contribution < -0.4 is 5.32 Å². The number of nitrogens with one attached hydrogen (secondary N) is 1. The summed E-state index contributed by atoms with van der Waals surface area (Å²) in [7, 11) is 0.